The highest BCUT2D eigenvalue weighted by atomic mass is 31.2. The minimum atomic E-state index is -5.68. The van der Waals surface area contributed by atoms with Gasteiger partial charge in [0.05, 0.1) is 0 Å². The molecule has 1 rings (SSSR count). The number of ether oxygens (including phenoxy) is 2. The van der Waals surface area contributed by atoms with Gasteiger partial charge in [0, 0.05) is 13.2 Å². The van der Waals surface area contributed by atoms with Crippen LogP contribution in [0, 0.1) is 0 Å². The molecular weight excluding hydrogens is 604 g/mol. The minimum Gasteiger partial charge on any atom is -0.372 e. The first-order valence-corrected chi connectivity index (χ1v) is 17.5. The number of hydrogen-bond acceptors (Lipinski definition) is 10. The second-order valence-electron chi connectivity index (χ2n) is 8.40. The number of unbranched alkanes of at least 4 members (excludes halogenated alkanes) is 1. The smallest absolute Gasteiger partial charge is 0.372 e. The van der Waals surface area contributed by atoms with E-state index in [1.807, 2.05) is 0 Å². The Morgan fingerprint density at radius 3 is 1.42 bits per heavy atom. The van der Waals surface area contributed by atoms with E-state index in [0.29, 0.717) is 12.8 Å². The highest BCUT2D eigenvalue weighted by molar-refractivity contribution is 7.47. The van der Waals surface area contributed by atoms with Crippen LogP contribution in [0.4, 0.5) is 0 Å². The Labute approximate surface area is 218 Å². The molecule has 38 heavy (non-hydrogen) atoms. The van der Waals surface area contributed by atoms with Crippen LogP contribution >= 0.6 is 31.3 Å². The predicted molar refractivity (Wildman–Crippen MR) is 126 cm³/mol. The largest absolute Gasteiger partial charge is 0.470 e. The van der Waals surface area contributed by atoms with Crippen LogP contribution < -0.4 is 0 Å². The van der Waals surface area contributed by atoms with Crippen LogP contribution in [-0.2, 0) is 45.8 Å². The van der Waals surface area contributed by atoms with Crippen LogP contribution in [-0.4, -0.2) is 88.5 Å². The standard InChI is InChI=1S/C16H36O18P4/c1-4-7-10-30-16(8-5-2)14(29-9-6-3)12(32-36(20,21)22)11(31-35(17,18)19)13(33-37(23,24)25)15(16)34-38(26,27)28/h11-15H,4-10H2,1-3H3,(H2,17,18,19)(H2,20,21,22)(H2,23,24,25)(H2,26,27,28). The molecule has 1 fully saturated rings. The summed E-state index contributed by atoms with van der Waals surface area (Å²) in [5.41, 5.74) is -2.20. The first-order valence-electron chi connectivity index (χ1n) is 11.4. The highest BCUT2D eigenvalue weighted by Crippen LogP contribution is 2.57. The van der Waals surface area contributed by atoms with Gasteiger partial charge in [0.15, 0.2) is 0 Å². The lowest BCUT2D eigenvalue weighted by Crippen LogP contribution is -2.73. The van der Waals surface area contributed by atoms with Crippen LogP contribution in [0.2, 0.25) is 0 Å². The summed E-state index contributed by atoms with van der Waals surface area (Å²) < 4.78 is 78.4. The van der Waals surface area contributed by atoms with Crippen LogP contribution in [0.25, 0.3) is 0 Å². The molecule has 6 unspecified atom stereocenters. The predicted octanol–water partition coefficient (Wildman–Crippen LogP) is 1.06. The summed E-state index contributed by atoms with van der Waals surface area (Å²) in [6.07, 6.45) is -10.4. The average Bonchev–Trinajstić information content (AvgIpc) is 2.70. The van der Waals surface area contributed by atoms with Gasteiger partial charge in [0.25, 0.3) is 0 Å². The quantitative estimate of drug-likeness (QED) is 0.0814. The molecule has 1 saturated carbocycles. The number of phosphoric ester groups is 4. The summed E-state index contributed by atoms with van der Waals surface area (Å²) >= 11 is 0. The Morgan fingerprint density at radius 2 is 1.03 bits per heavy atom. The fourth-order valence-electron chi connectivity index (χ4n) is 4.17. The third-order valence-corrected chi connectivity index (χ3v) is 7.30. The summed E-state index contributed by atoms with van der Waals surface area (Å²) in [4.78, 5) is 76.7. The summed E-state index contributed by atoms with van der Waals surface area (Å²) in [5.74, 6) is 0. The summed E-state index contributed by atoms with van der Waals surface area (Å²) in [6.45, 7) is 4.62. The maximum Gasteiger partial charge on any atom is 0.470 e. The monoisotopic (exact) mass is 640 g/mol. The SMILES string of the molecule is CCCCOC1(CCC)C(OCCC)C(OP(=O)(O)O)C(OP(=O)(O)O)C(OP(=O)(O)O)C1OP(=O)(O)O. The van der Waals surface area contributed by atoms with Crippen LogP contribution in [0.3, 0.4) is 0 Å². The van der Waals surface area contributed by atoms with Crippen molar-refractivity contribution in [2.45, 2.75) is 89.0 Å². The molecule has 0 aromatic carbocycles. The Bertz CT molecular complexity index is 923. The van der Waals surface area contributed by atoms with E-state index < -0.39 is 67.4 Å². The molecule has 0 aromatic rings. The van der Waals surface area contributed by atoms with E-state index in [4.69, 9.17) is 18.5 Å². The molecule has 228 valence electrons. The molecule has 22 heteroatoms. The molecule has 0 spiro atoms. The highest BCUT2D eigenvalue weighted by Gasteiger charge is 2.67. The molecule has 0 radical (unpaired) electrons. The third kappa shape index (κ3) is 11.7. The molecule has 6 atom stereocenters. The normalized spacial score (nSPS) is 29.5. The topological polar surface area (TPSA) is 285 Å². The van der Waals surface area contributed by atoms with Crippen molar-refractivity contribution in [1.82, 2.24) is 0 Å². The van der Waals surface area contributed by atoms with Crippen molar-refractivity contribution in [3.63, 3.8) is 0 Å². The van der Waals surface area contributed by atoms with E-state index in [1.165, 1.54) is 0 Å². The summed E-state index contributed by atoms with van der Waals surface area (Å²) in [5, 5.41) is 0. The van der Waals surface area contributed by atoms with E-state index >= 15 is 0 Å². The van der Waals surface area contributed by atoms with Crippen molar-refractivity contribution in [2.24, 2.45) is 0 Å². The summed E-state index contributed by atoms with van der Waals surface area (Å²) in [7, 11) is -22.5. The van der Waals surface area contributed by atoms with Crippen LogP contribution in [0.1, 0.15) is 52.9 Å². The second-order valence-corrected chi connectivity index (χ2v) is 13.2. The van der Waals surface area contributed by atoms with Crippen LogP contribution in [0.5, 0.6) is 0 Å². The molecule has 1 aliphatic rings. The maximum atomic E-state index is 12.0. The van der Waals surface area contributed by atoms with Crippen molar-refractivity contribution in [1.29, 1.82) is 0 Å². The van der Waals surface area contributed by atoms with Gasteiger partial charge in [-0.25, -0.2) is 18.3 Å². The minimum absolute atomic E-state index is 0.119. The zero-order valence-electron chi connectivity index (χ0n) is 20.8. The van der Waals surface area contributed by atoms with Crippen molar-refractivity contribution in [3.8, 4) is 0 Å². The van der Waals surface area contributed by atoms with Crippen molar-refractivity contribution < 1.29 is 85.0 Å². The third-order valence-electron chi connectivity index (χ3n) is 5.25. The van der Waals surface area contributed by atoms with Gasteiger partial charge in [-0.15, -0.1) is 0 Å². The molecule has 18 nitrogen and oxygen atoms in total. The van der Waals surface area contributed by atoms with E-state index in [2.05, 4.69) is 9.05 Å². The van der Waals surface area contributed by atoms with Gasteiger partial charge in [-0.05, 0) is 19.3 Å². The number of hydrogen-bond donors (Lipinski definition) is 8. The molecule has 8 N–H and O–H groups in total. The van der Waals surface area contributed by atoms with E-state index in [-0.39, 0.29) is 32.5 Å². The molecule has 0 aromatic heterocycles. The molecule has 1 aliphatic carbocycles. The Hall–Kier alpha value is 0.360. The first kappa shape index (κ1) is 36.4. The van der Waals surface area contributed by atoms with Gasteiger partial charge in [-0.1, -0.05) is 33.6 Å². The zero-order valence-corrected chi connectivity index (χ0v) is 24.4. The lowest BCUT2D eigenvalue weighted by Gasteiger charge is -2.55. The average molecular weight is 640 g/mol. The fourth-order valence-corrected chi connectivity index (χ4v) is 6.42. The van der Waals surface area contributed by atoms with Gasteiger partial charge >= 0.3 is 31.3 Å². The Kier molecular flexibility index (Phi) is 13.9. The molecule has 0 amide bonds. The van der Waals surface area contributed by atoms with E-state index in [0.717, 1.165) is 0 Å². The Balaban J connectivity index is 4.11. The number of phosphoric acid groups is 4. The number of rotatable bonds is 17. The van der Waals surface area contributed by atoms with E-state index in [9.17, 15) is 57.4 Å². The summed E-state index contributed by atoms with van der Waals surface area (Å²) in [6, 6.07) is 0. The van der Waals surface area contributed by atoms with Crippen molar-refractivity contribution in [3.05, 3.63) is 0 Å². The fraction of sp³-hybridized carbons (Fsp3) is 1.00. The van der Waals surface area contributed by atoms with Gasteiger partial charge in [-0.3, -0.25) is 18.1 Å². The molecule has 0 saturated heterocycles. The lowest BCUT2D eigenvalue weighted by atomic mass is 9.72. The van der Waals surface area contributed by atoms with Crippen LogP contribution in [0.15, 0.2) is 0 Å². The van der Waals surface area contributed by atoms with Crippen molar-refractivity contribution in [2.75, 3.05) is 13.2 Å². The lowest BCUT2D eigenvalue weighted by molar-refractivity contribution is -0.283. The van der Waals surface area contributed by atoms with Gasteiger partial charge < -0.3 is 48.6 Å². The second kappa shape index (κ2) is 14.5. The van der Waals surface area contributed by atoms with Gasteiger partial charge in [-0.2, -0.15) is 0 Å². The van der Waals surface area contributed by atoms with Gasteiger partial charge in [0.2, 0.25) is 0 Å². The van der Waals surface area contributed by atoms with Gasteiger partial charge in [0.1, 0.15) is 36.1 Å². The molecule has 0 aliphatic heterocycles. The zero-order chi connectivity index (χ0) is 29.6. The van der Waals surface area contributed by atoms with E-state index in [1.54, 1.807) is 20.8 Å². The first-order chi connectivity index (χ1) is 17.2. The van der Waals surface area contributed by atoms with Crippen molar-refractivity contribution >= 4 is 31.3 Å². The maximum absolute atomic E-state index is 12.0. The molecular formula is C16H36O18P4. The Morgan fingerprint density at radius 1 is 0.579 bits per heavy atom. The molecule has 0 bridgehead atoms. The molecule has 0 heterocycles.